The number of amidine groups is 1. The van der Waals surface area contributed by atoms with E-state index in [-0.39, 0.29) is 11.9 Å². The molecule has 2 atom stereocenters. The number of carbonyl (C=O) groups is 1. The number of para-hydroxylation sites is 1. The van der Waals surface area contributed by atoms with Crippen molar-refractivity contribution in [2.45, 2.75) is 26.7 Å². The monoisotopic (exact) mass is 335 g/mol. The van der Waals surface area contributed by atoms with Gasteiger partial charge in [0.2, 0.25) is 0 Å². The van der Waals surface area contributed by atoms with Crippen LogP contribution in [0.5, 0.6) is 0 Å². The summed E-state index contributed by atoms with van der Waals surface area (Å²) in [7, 11) is 2.00. The van der Waals surface area contributed by atoms with Crippen molar-refractivity contribution in [3.8, 4) is 0 Å². The first-order valence-corrected chi connectivity index (χ1v) is 8.69. The highest BCUT2D eigenvalue weighted by molar-refractivity contribution is 6.02. The number of benzene rings is 2. The minimum Gasteiger partial charge on any atom is -0.362 e. The molecular formula is C21H25N3O. The summed E-state index contributed by atoms with van der Waals surface area (Å²) in [6, 6.07) is 16.1. The lowest BCUT2D eigenvalue weighted by Gasteiger charge is -2.14. The molecule has 4 nitrogen and oxygen atoms in total. The zero-order chi connectivity index (χ0) is 18.0. The number of hydrogen-bond acceptors (Lipinski definition) is 1. The molecule has 0 aromatic heterocycles. The number of likely N-dealkylation sites (tertiary alicyclic amines) is 1. The number of likely N-dealkylation sites (N-methyl/N-ethyl adjacent to an activating group) is 1. The van der Waals surface area contributed by atoms with E-state index in [2.05, 4.69) is 46.4 Å². The first-order valence-electron chi connectivity index (χ1n) is 8.69. The lowest BCUT2D eigenvalue weighted by molar-refractivity contribution is 0.259. The largest absolute Gasteiger partial charge is 0.362 e. The molecule has 130 valence electrons. The zero-order valence-electron chi connectivity index (χ0n) is 15.3. The normalized spacial score (nSPS) is 21.6. The second kappa shape index (κ2) is 7.09. The topological polar surface area (TPSA) is 44.7 Å². The van der Waals surface area contributed by atoms with Crippen molar-refractivity contribution >= 4 is 17.6 Å². The number of amides is 2. The van der Waals surface area contributed by atoms with Crippen molar-refractivity contribution < 1.29 is 4.79 Å². The lowest BCUT2D eigenvalue weighted by Crippen LogP contribution is -2.24. The van der Waals surface area contributed by atoms with E-state index in [4.69, 9.17) is 0 Å². The van der Waals surface area contributed by atoms with Gasteiger partial charge in [-0.15, -0.1) is 0 Å². The molecule has 1 saturated heterocycles. The van der Waals surface area contributed by atoms with Crippen LogP contribution in [0.1, 0.15) is 29.5 Å². The third-order valence-corrected chi connectivity index (χ3v) is 5.03. The average Bonchev–Trinajstić information content (AvgIpc) is 2.87. The Hall–Kier alpha value is -2.62. The Labute approximate surface area is 149 Å². The first-order chi connectivity index (χ1) is 12.0. The van der Waals surface area contributed by atoms with E-state index in [0.717, 1.165) is 29.2 Å². The van der Waals surface area contributed by atoms with Crippen molar-refractivity contribution in [2.75, 3.05) is 18.9 Å². The van der Waals surface area contributed by atoms with E-state index >= 15 is 0 Å². The average molecular weight is 335 g/mol. The fourth-order valence-electron chi connectivity index (χ4n) is 3.61. The molecule has 2 unspecified atom stereocenters. The van der Waals surface area contributed by atoms with Gasteiger partial charge in [-0.05, 0) is 30.5 Å². The summed E-state index contributed by atoms with van der Waals surface area (Å²) in [5, 5.41) is 2.95. The van der Waals surface area contributed by atoms with Crippen LogP contribution in [-0.4, -0.2) is 30.4 Å². The number of aryl methyl sites for hydroxylation is 2. The molecule has 0 saturated carbocycles. The third-order valence-electron chi connectivity index (χ3n) is 5.03. The summed E-state index contributed by atoms with van der Waals surface area (Å²) in [4.78, 5) is 19.0. The van der Waals surface area contributed by atoms with Gasteiger partial charge in [-0.3, -0.25) is 0 Å². The Bertz CT molecular complexity index is 778. The van der Waals surface area contributed by atoms with E-state index in [9.17, 15) is 4.79 Å². The van der Waals surface area contributed by atoms with E-state index in [1.54, 1.807) is 0 Å². The lowest BCUT2D eigenvalue weighted by atomic mass is 9.90. The van der Waals surface area contributed by atoms with E-state index in [1.165, 1.54) is 5.56 Å². The van der Waals surface area contributed by atoms with Crippen LogP contribution in [0.3, 0.4) is 0 Å². The van der Waals surface area contributed by atoms with Crippen molar-refractivity contribution in [3.05, 3.63) is 65.2 Å². The number of nitrogens with one attached hydrogen (secondary N) is 1. The molecule has 1 fully saturated rings. The summed E-state index contributed by atoms with van der Waals surface area (Å²) in [5.74, 6) is 1.41. The highest BCUT2D eigenvalue weighted by Crippen LogP contribution is 2.33. The maximum atomic E-state index is 12.5. The van der Waals surface area contributed by atoms with Crippen LogP contribution in [0.25, 0.3) is 0 Å². The molecule has 0 radical (unpaired) electrons. The number of hydrogen-bond donors (Lipinski definition) is 1. The molecule has 1 N–H and O–H groups in total. The summed E-state index contributed by atoms with van der Waals surface area (Å²) in [6.07, 6.45) is 0. The van der Waals surface area contributed by atoms with Gasteiger partial charge in [-0.25, -0.2) is 4.79 Å². The molecule has 3 rings (SSSR count). The van der Waals surface area contributed by atoms with Crippen molar-refractivity contribution in [2.24, 2.45) is 10.9 Å². The minimum atomic E-state index is -0.306. The van der Waals surface area contributed by atoms with Crippen molar-refractivity contribution in [3.63, 3.8) is 0 Å². The molecule has 25 heavy (non-hydrogen) atoms. The molecule has 0 spiro atoms. The third kappa shape index (κ3) is 3.58. The smallest absolute Gasteiger partial charge is 0.347 e. The first kappa shape index (κ1) is 17.2. The Morgan fingerprint density at radius 3 is 2.36 bits per heavy atom. The Balaban J connectivity index is 1.80. The summed E-state index contributed by atoms with van der Waals surface area (Å²) in [6.45, 7) is 7.00. The summed E-state index contributed by atoms with van der Waals surface area (Å²) >= 11 is 0. The fourth-order valence-corrected chi connectivity index (χ4v) is 3.61. The number of nitrogens with zero attached hydrogens (tertiary/aromatic N) is 2. The van der Waals surface area contributed by atoms with Crippen LogP contribution in [0.4, 0.5) is 10.5 Å². The van der Waals surface area contributed by atoms with Crippen LogP contribution in [0, 0.1) is 19.8 Å². The van der Waals surface area contributed by atoms with E-state index in [1.807, 2.05) is 45.2 Å². The second-order valence-corrected chi connectivity index (χ2v) is 6.85. The SMILES string of the molecule is Cc1cccc(C)c1NC(=O)N=C1C(C)C(c2ccccc2)CN1C. The molecule has 1 heterocycles. The number of carbonyl (C=O) groups excluding carboxylic acids is 1. The van der Waals surface area contributed by atoms with Gasteiger partial charge in [0.25, 0.3) is 0 Å². The molecule has 0 aliphatic carbocycles. The van der Waals surface area contributed by atoms with Gasteiger partial charge >= 0.3 is 6.03 Å². The van der Waals surface area contributed by atoms with E-state index < -0.39 is 0 Å². The molecule has 1 aliphatic rings. The predicted octanol–water partition coefficient (Wildman–Crippen LogP) is 4.60. The maximum absolute atomic E-state index is 12.5. The molecule has 2 aromatic carbocycles. The predicted molar refractivity (Wildman–Crippen MR) is 103 cm³/mol. The van der Waals surface area contributed by atoms with Gasteiger partial charge in [0.05, 0.1) is 0 Å². The van der Waals surface area contributed by atoms with Gasteiger partial charge in [0.1, 0.15) is 5.84 Å². The quantitative estimate of drug-likeness (QED) is 0.872. The van der Waals surface area contributed by atoms with Gasteiger partial charge in [0, 0.05) is 31.1 Å². The Kier molecular flexibility index (Phi) is 4.88. The number of urea groups is 1. The van der Waals surface area contributed by atoms with Gasteiger partial charge in [-0.2, -0.15) is 4.99 Å². The van der Waals surface area contributed by atoms with Crippen LogP contribution >= 0.6 is 0 Å². The van der Waals surface area contributed by atoms with Crippen molar-refractivity contribution in [1.82, 2.24) is 4.90 Å². The Morgan fingerprint density at radius 2 is 1.72 bits per heavy atom. The molecule has 2 aromatic rings. The van der Waals surface area contributed by atoms with Crippen LogP contribution in [0.2, 0.25) is 0 Å². The van der Waals surface area contributed by atoms with Crippen LogP contribution in [-0.2, 0) is 0 Å². The standard InChI is InChI=1S/C21H25N3O/c1-14-9-8-10-15(2)19(14)22-21(25)23-20-16(3)18(13-24(20)4)17-11-6-5-7-12-17/h5-12,16,18H,13H2,1-4H3,(H,22,25). The van der Waals surface area contributed by atoms with Gasteiger partial charge < -0.3 is 10.2 Å². The van der Waals surface area contributed by atoms with Crippen molar-refractivity contribution in [1.29, 1.82) is 0 Å². The summed E-state index contributed by atoms with van der Waals surface area (Å²) in [5.41, 5.74) is 4.24. The van der Waals surface area contributed by atoms with Gasteiger partial charge in [0.15, 0.2) is 0 Å². The molecule has 0 bridgehead atoms. The molecule has 1 aliphatic heterocycles. The highest BCUT2D eigenvalue weighted by Gasteiger charge is 2.34. The number of rotatable bonds is 2. The van der Waals surface area contributed by atoms with Gasteiger partial charge in [-0.1, -0.05) is 55.5 Å². The number of anilines is 1. The van der Waals surface area contributed by atoms with E-state index in [0.29, 0.717) is 5.92 Å². The maximum Gasteiger partial charge on any atom is 0.347 e. The Morgan fingerprint density at radius 1 is 1.08 bits per heavy atom. The highest BCUT2D eigenvalue weighted by atomic mass is 16.2. The zero-order valence-corrected chi connectivity index (χ0v) is 15.3. The molecule has 2 amide bonds. The summed E-state index contributed by atoms with van der Waals surface area (Å²) < 4.78 is 0. The minimum absolute atomic E-state index is 0.205. The van der Waals surface area contributed by atoms with Crippen LogP contribution < -0.4 is 5.32 Å². The second-order valence-electron chi connectivity index (χ2n) is 6.85. The van der Waals surface area contributed by atoms with Crippen LogP contribution in [0.15, 0.2) is 53.5 Å². The molecule has 4 heteroatoms. The molecular weight excluding hydrogens is 310 g/mol. The fraction of sp³-hybridized carbons (Fsp3) is 0.333. The number of aliphatic imine (C=N–C) groups is 1.